The second kappa shape index (κ2) is 7.06. The number of hydrogen-bond acceptors (Lipinski definition) is 2. The first-order valence-electron chi connectivity index (χ1n) is 6.83. The standard InChI is InChI=1S/C15H18INO3/c16-13-3-1-2-12(8-13)14(18)17-9-10-4-6-11(7-5-10)15(19)20/h1-3,8,10-11H,4-7,9H2,(H,17,18)(H,19,20). The van der Waals surface area contributed by atoms with Crippen molar-refractivity contribution in [2.45, 2.75) is 25.7 Å². The number of halogens is 1. The van der Waals surface area contributed by atoms with E-state index in [4.69, 9.17) is 5.11 Å². The predicted octanol–water partition coefficient (Wildman–Crippen LogP) is 2.91. The average Bonchev–Trinajstić information content (AvgIpc) is 2.45. The highest BCUT2D eigenvalue weighted by Gasteiger charge is 2.26. The van der Waals surface area contributed by atoms with Gasteiger partial charge in [-0.1, -0.05) is 6.07 Å². The molecule has 1 fully saturated rings. The minimum Gasteiger partial charge on any atom is -0.481 e. The lowest BCUT2D eigenvalue weighted by atomic mass is 9.82. The molecule has 0 atom stereocenters. The molecule has 0 aliphatic heterocycles. The highest BCUT2D eigenvalue weighted by atomic mass is 127. The molecular formula is C15H18INO3. The smallest absolute Gasteiger partial charge is 0.306 e. The van der Waals surface area contributed by atoms with Gasteiger partial charge in [-0.25, -0.2) is 0 Å². The molecule has 2 rings (SSSR count). The van der Waals surface area contributed by atoms with Crippen LogP contribution in [0.1, 0.15) is 36.0 Å². The van der Waals surface area contributed by atoms with Crippen LogP contribution in [0.25, 0.3) is 0 Å². The zero-order valence-corrected chi connectivity index (χ0v) is 13.3. The van der Waals surface area contributed by atoms with Gasteiger partial charge in [0.25, 0.3) is 5.91 Å². The summed E-state index contributed by atoms with van der Waals surface area (Å²) in [5, 5.41) is 11.9. The summed E-state index contributed by atoms with van der Waals surface area (Å²) >= 11 is 2.18. The Labute approximate surface area is 132 Å². The third-order valence-electron chi connectivity index (χ3n) is 3.83. The molecule has 0 heterocycles. The molecule has 0 spiro atoms. The highest BCUT2D eigenvalue weighted by Crippen LogP contribution is 2.28. The third-order valence-corrected chi connectivity index (χ3v) is 4.51. The topological polar surface area (TPSA) is 66.4 Å². The highest BCUT2D eigenvalue weighted by molar-refractivity contribution is 14.1. The van der Waals surface area contributed by atoms with Crippen LogP contribution in [0.5, 0.6) is 0 Å². The van der Waals surface area contributed by atoms with Crippen LogP contribution in [0.2, 0.25) is 0 Å². The monoisotopic (exact) mass is 387 g/mol. The van der Waals surface area contributed by atoms with E-state index < -0.39 is 5.97 Å². The number of nitrogens with one attached hydrogen (secondary N) is 1. The Bertz CT molecular complexity index is 496. The van der Waals surface area contributed by atoms with Crippen molar-refractivity contribution in [2.75, 3.05) is 6.54 Å². The van der Waals surface area contributed by atoms with E-state index in [9.17, 15) is 9.59 Å². The van der Waals surface area contributed by atoms with Crippen molar-refractivity contribution in [3.63, 3.8) is 0 Å². The molecule has 5 heteroatoms. The van der Waals surface area contributed by atoms with E-state index >= 15 is 0 Å². The van der Waals surface area contributed by atoms with Gasteiger partial charge in [0.2, 0.25) is 0 Å². The molecule has 0 aromatic heterocycles. The van der Waals surface area contributed by atoms with E-state index in [1.807, 2.05) is 18.2 Å². The van der Waals surface area contributed by atoms with Crippen LogP contribution >= 0.6 is 22.6 Å². The lowest BCUT2D eigenvalue weighted by Crippen LogP contribution is -2.32. The summed E-state index contributed by atoms with van der Waals surface area (Å²) in [6.07, 6.45) is 3.20. The van der Waals surface area contributed by atoms with Crippen molar-refractivity contribution in [3.8, 4) is 0 Å². The van der Waals surface area contributed by atoms with Gasteiger partial charge in [-0.05, 0) is 72.4 Å². The number of amides is 1. The minimum atomic E-state index is -0.689. The number of carboxylic acids is 1. The van der Waals surface area contributed by atoms with Crippen molar-refractivity contribution in [1.29, 1.82) is 0 Å². The molecule has 108 valence electrons. The van der Waals surface area contributed by atoms with Gasteiger partial charge in [-0.2, -0.15) is 0 Å². The van der Waals surface area contributed by atoms with Gasteiger partial charge in [0.1, 0.15) is 0 Å². The number of carbonyl (C=O) groups excluding carboxylic acids is 1. The molecule has 1 amide bonds. The summed E-state index contributed by atoms with van der Waals surface area (Å²) in [7, 11) is 0. The molecule has 1 aliphatic carbocycles. The number of hydrogen-bond donors (Lipinski definition) is 2. The average molecular weight is 387 g/mol. The molecule has 2 N–H and O–H groups in total. The Morgan fingerprint density at radius 1 is 1.25 bits per heavy atom. The maximum absolute atomic E-state index is 12.0. The van der Waals surface area contributed by atoms with Gasteiger partial charge in [0.05, 0.1) is 5.92 Å². The Kier molecular flexibility index (Phi) is 5.39. The van der Waals surface area contributed by atoms with E-state index in [0.717, 1.165) is 29.3 Å². The van der Waals surface area contributed by atoms with Crippen molar-refractivity contribution in [2.24, 2.45) is 11.8 Å². The van der Waals surface area contributed by atoms with Crippen molar-refractivity contribution < 1.29 is 14.7 Å². The van der Waals surface area contributed by atoms with E-state index in [1.165, 1.54) is 0 Å². The molecule has 4 nitrogen and oxygen atoms in total. The first-order chi connectivity index (χ1) is 9.56. The second-order valence-corrected chi connectivity index (χ2v) is 6.52. The molecule has 1 saturated carbocycles. The van der Waals surface area contributed by atoms with Crippen molar-refractivity contribution >= 4 is 34.5 Å². The molecule has 1 aliphatic rings. The van der Waals surface area contributed by atoms with Crippen molar-refractivity contribution in [1.82, 2.24) is 5.32 Å². The van der Waals surface area contributed by atoms with Crippen LogP contribution in [-0.4, -0.2) is 23.5 Å². The Morgan fingerprint density at radius 2 is 1.95 bits per heavy atom. The maximum atomic E-state index is 12.0. The lowest BCUT2D eigenvalue weighted by molar-refractivity contribution is -0.143. The Hall–Kier alpha value is -1.11. The van der Waals surface area contributed by atoms with Crippen LogP contribution in [-0.2, 0) is 4.79 Å². The van der Waals surface area contributed by atoms with Gasteiger partial charge < -0.3 is 10.4 Å². The molecule has 1 aromatic carbocycles. The summed E-state index contributed by atoms with van der Waals surface area (Å²) in [6, 6.07) is 7.48. The largest absolute Gasteiger partial charge is 0.481 e. The first kappa shape index (κ1) is 15.3. The quantitative estimate of drug-likeness (QED) is 0.781. The number of aliphatic carboxylic acids is 1. The summed E-state index contributed by atoms with van der Waals surface area (Å²) in [4.78, 5) is 22.9. The second-order valence-electron chi connectivity index (χ2n) is 5.28. The Balaban J connectivity index is 1.79. The van der Waals surface area contributed by atoms with Crippen LogP contribution in [0.3, 0.4) is 0 Å². The number of carboxylic acid groups (broad SMARTS) is 1. The van der Waals surface area contributed by atoms with Gasteiger partial charge in [0.15, 0.2) is 0 Å². The molecular weight excluding hydrogens is 369 g/mol. The van der Waals surface area contributed by atoms with E-state index in [1.54, 1.807) is 6.07 Å². The molecule has 0 radical (unpaired) electrons. The fourth-order valence-electron chi connectivity index (χ4n) is 2.58. The normalized spacial score (nSPS) is 22.2. The van der Waals surface area contributed by atoms with E-state index in [-0.39, 0.29) is 11.8 Å². The van der Waals surface area contributed by atoms with Crippen LogP contribution in [0.15, 0.2) is 24.3 Å². The Morgan fingerprint density at radius 3 is 2.55 bits per heavy atom. The molecule has 20 heavy (non-hydrogen) atoms. The van der Waals surface area contributed by atoms with Gasteiger partial charge in [-0.3, -0.25) is 9.59 Å². The van der Waals surface area contributed by atoms with Gasteiger partial charge >= 0.3 is 5.97 Å². The molecule has 0 unspecified atom stereocenters. The summed E-state index contributed by atoms with van der Waals surface area (Å²) in [6.45, 7) is 0.636. The molecule has 0 saturated heterocycles. The summed E-state index contributed by atoms with van der Waals surface area (Å²) in [5.74, 6) is -0.537. The number of benzene rings is 1. The zero-order valence-electron chi connectivity index (χ0n) is 11.1. The summed E-state index contributed by atoms with van der Waals surface area (Å²) in [5.41, 5.74) is 0.677. The van der Waals surface area contributed by atoms with E-state index in [2.05, 4.69) is 27.9 Å². The number of carbonyl (C=O) groups is 2. The van der Waals surface area contributed by atoms with Crippen molar-refractivity contribution in [3.05, 3.63) is 33.4 Å². The van der Waals surface area contributed by atoms with Crippen LogP contribution in [0.4, 0.5) is 0 Å². The summed E-state index contributed by atoms with van der Waals surface area (Å²) < 4.78 is 1.04. The van der Waals surface area contributed by atoms with Crippen LogP contribution < -0.4 is 5.32 Å². The predicted molar refractivity (Wildman–Crippen MR) is 84.6 cm³/mol. The number of rotatable bonds is 4. The maximum Gasteiger partial charge on any atom is 0.306 e. The molecule has 0 bridgehead atoms. The van der Waals surface area contributed by atoms with Crippen LogP contribution in [0, 0.1) is 15.4 Å². The lowest BCUT2D eigenvalue weighted by Gasteiger charge is -2.26. The minimum absolute atomic E-state index is 0.0520. The fraction of sp³-hybridized carbons (Fsp3) is 0.467. The van der Waals surface area contributed by atoms with E-state index in [0.29, 0.717) is 18.0 Å². The molecule has 1 aromatic rings. The SMILES string of the molecule is O=C(NCC1CCC(C(=O)O)CC1)c1cccc(I)c1. The van der Waals surface area contributed by atoms with Gasteiger partial charge in [0, 0.05) is 15.7 Å². The fourth-order valence-corrected chi connectivity index (χ4v) is 3.13. The first-order valence-corrected chi connectivity index (χ1v) is 7.90. The third kappa shape index (κ3) is 4.19. The van der Waals surface area contributed by atoms with Gasteiger partial charge in [-0.15, -0.1) is 0 Å². The zero-order chi connectivity index (χ0) is 14.5.